The zero-order valence-corrected chi connectivity index (χ0v) is 15.2. The summed E-state index contributed by atoms with van der Waals surface area (Å²) in [5.41, 5.74) is 1.44. The molecule has 1 aromatic carbocycles. The van der Waals surface area contributed by atoms with Crippen LogP contribution in [0.25, 0.3) is 0 Å². The van der Waals surface area contributed by atoms with Gasteiger partial charge in [-0.05, 0) is 43.9 Å². The molecular weight excluding hydrogens is 318 g/mol. The molecule has 2 aliphatic rings. The predicted molar refractivity (Wildman–Crippen MR) is 97.9 cm³/mol. The van der Waals surface area contributed by atoms with Gasteiger partial charge in [-0.1, -0.05) is 26.3 Å². The highest BCUT2D eigenvalue weighted by Gasteiger charge is 2.37. The molecule has 3 amide bonds. The predicted octanol–water partition coefficient (Wildman–Crippen LogP) is 4.07. The molecular formula is C19H27N3O3. The molecule has 2 fully saturated rings. The van der Waals surface area contributed by atoms with E-state index < -0.39 is 0 Å². The third kappa shape index (κ3) is 3.89. The fourth-order valence-corrected chi connectivity index (χ4v) is 3.22. The SMILES string of the molecule is CC[C@H](C)[C@@H](C)N(C(=O)Nc1cccc(N2CCOC2=O)c1)C1CC1. The number of carbonyl (C=O) groups is 2. The van der Waals surface area contributed by atoms with Crippen LogP contribution in [0.3, 0.4) is 0 Å². The van der Waals surface area contributed by atoms with Gasteiger partial charge in [-0.2, -0.15) is 0 Å². The van der Waals surface area contributed by atoms with Crippen molar-refractivity contribution in [1.82, 2.24) is 4.90 Å². The molecule has 0 bridgehead atoms. The maximum Gasteiger partial charge on any atom is 0.414 e. The highest BCUT2D eigenvalue weighted by molar-refractivity contribution is 5.93. The van der Waals surface area contributed by atoms with Gasteiger partial charge in [0.2, 0.25) is 0 Å². The summed E-state index contributed by atoms with van der Waals surface area (Å²) in [7, 11) is 0. The lowest BCUT2D eigenvalue weighted by Gasteiger charge is -2.33. The normalized spacial score (nSPS) is 19.3. The molecule has 6 heteroatoms. The molecule has 0 radical (unpaired) electrons. The van der Waals surface area contributed by atoms with E-state index in [9.17, 15) is 9.59 Å². The summed E-state index contributed by atoms with van der Waals surface area (Å²) in [5.74, 6) is 0.456. The number of cyclic esters (lactones) is 1. The number of urea groups is 1. The molecule has 0 unspecified atom stereocenters. The average molecular weight is 345 g/mol. The van der Waals surface area contributed by atoms with Gasteiger partial charge in [0, 0.05) is 23.5 Å². The van der Waals surface area contributed by atoms with Gasteiger partial charge in [-0.15, -0.1) is 0 Å². The van der Waals surface area contributed by atoms with Crippen molar-refractivity contribution in [2.24, 2.45) is 5.92 Å². The quantitative estimate of drug-likeness (QED) is 0.845. The van der Waals surface area contributed by atoms with E-state index in [1.807, 2.05) is 29.2 Å². The van der Waals surface area contributed by atoms with E-state index in [4.69, 9.17) is 4.74 Å². The smallest absolute Gasteiger partial charge is 0.414 e. The summed E-state index contributed by atoms with van der Waals surface area (Å²) in [6.07, 6.45) is 2.86. The van der Waals surface area contributed by atoms with Crippen LogP contribution < -0.4 is 10.2 Å². The minimum absolute atomic E-state index is 0.0588. The minimum Gasteiger partial charge on any atom is -0.447 e. The first-order valence-electron chi connectivity index (χ1n) is 9.15. The van der Waals surface area contributed by atoms with E-state index in [-0.39, 0.29) is 18.2 Å². The highest BCUT2D eigenvalue weighted by atomic mass is 16.6. The molecule has 6 nitrogen and oxygen atoms in total. The summed E-state index contributed by atoms with van der Waals surface area (Å²) in [5, 5.41) is 3.01. The Balaban J connectivity index is 1.72. The zero-order valence-electron chi connectivity index (χ0n) is 15.2. The van der Waals surface area contributed by atoms with Gasteiger partial charge in [0.1, 0.15) is 6.61 Å². The van der Waals surface area contributed by atoms with E-state index in [2.05, 4.69) is 26.1 Å². The summed E-state index contributed by atoms with van der Waals surface area (Å²) in [4.78, 5) is 28.2. The topological polar surface area (TPSA) is 61.9 Å². The maximum atomic E-state index is 12.9. The number of nitrogens with zero attached hydrogens (tertiary/aromatic N) is 2. The second-order valence-electron chi connectivity index (χ2n) is 7.01. The average Bonchev–Trinajstić information content (AvgIpc) is 3.34. The molecule has 1 aliphatic carbocycles. The molecule has 1 aromatic rings. The van der Waals surface area contributed by atoms with E-state index in [0.717, 1.165) is 24.9 Å². The van der Waals surface area contributed by atoms with Crippen molar-refractivity contribution >= 4 is 23.5 Å². The van der Waals surface area contributed by atoms with E-state index in [1.54, 1.807) is 4.90 Å². The number of benzene rings is 1. The van der Waals surface area contributed by atoms with Crippen LogP contribution in [0.5, 0.6) is 0 Å². The van der Waals surface area contributed by atoms with Crippen LogP contribution in [0, 0.1) is 5.92 Å². The van der Waals surface area contributed by atoms with Gasteiger partial charge >= 0.3 is 12.1 Å². The molecule has 1 saturated heterocycles. The van der Waals surface area contributed by atoms with Gasteiger partial charge in [0.25, 0.3) is 0 Å². The minimum atomic E-state index is -0.339. The van der Waals surface area contributed by atoms with E-state index >= 15 is 0 Å². The van der Waals surface area contributed by atoms with Crippen LogP contribution in [0.4, 0.5) is 21.0 Å². The van der Waals surface area contributed by atoms with E-state index in [1.165, 1.54) is 0 Å². The fourth-order valence-electron chi connectivity index (χ4n) is 3.22. The summed E-state index contributed by atoms with van der Waals surface area (Å²) in [6, 6.07) is 7.86. The lowest BCUT2D eigenvalue weighted by atomic mass is 9.99. The Morgan fingerprint density at radius 2 is 2.16 bits per heavy atom. The second kappa shape index (κ2) is 7.33. The first-order chi connectivity index (χ1) is 12.0. The van der Waals surface area contributed by atoms with Gasteiger partial charge in [0.15, 0.2) is 0 Å². The summed E-state index contributed by atoms with van der Waals surface area (Å²) in [6.45, 7) is 7.41. The molecule has 1 heterocycles. The molecule has 2 atom stereocenters. The first kappa shape index (κ1) is 17.6. The molecule has 25 heavy (non-hydrogen) atoms. The Kier molecular flexibility index (Phi) is 5.16. The number of nitrogens with one attached hydrogen (secondary N) is 1. The Labute approximate surface area is 149 Å². The number of rotatable bonds is 6. The molecule has 3 rings (SSSR count). The van der Waals surface area contributed by atoms with Crippen LogP contribution >= 0.6 is 0 Å². The molecule has 1 saturated carbocycles. The van der Waals surface area contributed by atoms with E-state index in [0.29, 0.717) is 30.8 Å². The van der Waals surface area contributed by atoms with Crippen LogP contribution in [0.2, 0.25) is 0 Å². The number of hydrogen-bond donors (Lipinski definition) is 1. The van der Waals surface area contributed by atoms with Crippen LogP contribution in [0.15, 0.2) is 24.3 Å². The number of amides is 3. The highest BCUT2D eigenvalue weighted by Crippen LogP contribution is 2.32. The molecule has 0 aromatic heterocycles. The lowest BCUT2D eigenvalue weighted by Crippen LogP contribution is -2.45. The van der Waals surface area contributed by atoms with Gasteiger partial charge in [-0.25, -0.2) is 9.59 Å². The standard InChI is InChI=1S/C19H27N3O3/c1-4-13(2)14(3)22(16-8-9-16)18(23)20-15-6-5-7-17(12-15)21-10-11-25-19(21)24/h5-7,12-14,16H,4,8-11H2,1-3H3,(H,20,23)/t13-,14+/m0/s1. The van der Waals surface area contributed by atoms with Crippen molar-refractivity contribution < 1.29 is 14.3 Å². The van der Waals surface area contributed by atoms with Gasteiger partial charge in [-0.3, -0.25) is 4.90 Å². The van der Waals surface area contributed by atoms with Crippen LogP contribution in [-0.4, -0.2) is 42.3 Å². The maximum absolute atomic E-state index is 12.9. The lowest BCUT2D eigenvalue weighted by molar-refractivity contribution is 0.164. The summed E-state index contributed by atoms with van der Waals surface area (Å²) >= 11 is 0. The van der Waals surface area contributed by atoms with Crippen molar-refractivity contribution in [3.63, 3.8) is 0 Å². The van der Waals surface area contributed by atoms with Gasteiger partial charge < -0.3 is 15.0 Å². The van der Waals surface area contributed by atoms with Gasteiger partial charge in [0.05, 0.1) is 6.54 Å². The van der Waals surface area contributed by atoms with Crippen molar-refractivity contribution in [2.75, 3.05) is 23.4 Å². The number of anilines is 2. The monoisotopic (exact) mass is 345 g/mol. The third-order valence-corrected chi connectivity index (χ3v) is 5.25. The van der Waals surface area contributed by atoms with Crippen molar-refractivity contribution in [2.45, 2.75) is 52.1 Å². The molecule has 1 aliphatic heterocycles. The Morgan fingerprint density at radius 3 is 2.76 bits per heavy atom. The number of carbonyl (C=O) groups excluding carboxylic acids is 2. The molecule has 1 N–H and O–H groups in total. The van der Waals surface area contributed by atoms with Crippen LogP contribution in [-0.2, 0) is 4.74 Å². The Bertz CT molecular complexity index is 645. The molecule has 0 spiro atoms. The number of ether oxygens (including phenoxy) is 1. The number of hydrogen-bond acceptors (Lipinski definition) is 3. The second-order valence-corrected chi connectivity index (χ2v) is 7.01. The third-order valence-electron chi connectivity index (χ3n) is 5.25. The van der Waals surface area contributed by atoms with Crippen molar-refractivity contribution in [3.8, 4) is 0 Å². The van der Waals surface area contributed by atoms with Crippen molar-refractivity contribution in [1.29, 1.82) is 0 Å². The van der Waals surface area contributed by atoms with Crippen LogP contribution in [0.1, 0.15) is 40.0 Å². The molecule has 136 valence electrons. The fraction of sp³-hybridized carbons (Fsp3) is 0.579. The zero-order chi connectivity index (χ0) is 18.0. The largest absolute Gasteiger partial charge is 0.447 e. The Morgan fingerprint density at radius 1 is 1.40 bits per heavy atom. The Hall–Kier alpha value is -2.24. The van der Waals surface area contributed by atoms with Crippen molar-refractivity contribution in [3.05, 3.63) is 24.3 Å². The first-order valence-corrected chi connectivity index (χ1v) is 9.15. The summed E-state index contributed by atoms with van der Waals surface area (Å²) < 4.78 is 4.98.